The lowest BCUT2D eigenvalue weighted by molar-refractivity contribution is -0.123. The SMILES string of the molecule is C[C@@H](OC(=O)c1ccc(C=O)cc1)C(=O)Nc1cc(Cl)ccc1Cl. The van der Waals surface area contributed by atoms with Crippen LogP contribution in [0, 0.1) is 0 Å². The Bertz CT molecular complexity index is 775. The van der Waals surface area contributed by atoms with Gasteiger partial charge in [0.1, 0.15) is 6.29 Å². The molecule has 0 heterocycles. The predicted molar refractivity (Wildman–Crippen MR) is 91.8 cm³/mol. The van der Waals surface area contributed by atoms with Gasteiger partial charge in [-0.25, -0.2) is 4.79 Å². The van der Waals surface area contributed by atoms with E-state index in [1.807, 2.05) is 0 Å². The maximum absolute atomic E-state index is 12.1. The average molecular weight is 366 g/mol. The molecular weight excluding hydrogens is 353 g/mol. The van der Waals surface area contributed by atoms with Crippen molar-refractivity contribution in [1.82, 2.24) is 0 Å². The zero-order valence-corrected chi connectivity index (χ0v) is 14.1. The molecule has 1 N–H and O–H groups in total. The van der Waals surface area contributed by atoms with Crippen LogP contribution in [0.2, 0.25) is 10.0 Å². The smallest absolute Gasteiger partial charge is 0.338 e. The highest BCUT2D eigenvalue weighted by molar-refractivity contribution is 6.35. The Hall–Kier alpha value is -2.37. The van der Waals surface area contributed by atoms with E-state index < -0.39 is 18.0 Å². The zero-order chi connectivity index (χ0) is 17.7. The lowest BCUT2D eigenvalue weighted by atomic mass is 10.1. The number of halogens is 2. The fourth-order valence-electron chi connectivity index (χ4n) is 1.81. The fourth-order valence-corrected chi connectivity index (χ4v) is 2.14. The predicted octanol–water partition coefficient (Wildman–Crippen LogP) is 3.99. The minimum atomic E-state index is -1.04. The molecule has 0 radical (unpaired) electrons. The van der Waals surface area contributed by atoms with E-state index >= 15 is 0 Å². The van der Waals surface area contributed by atoms with Crippen molar-refractivity contribution in [1.29, 1.82) is 0 Å². The molecule has 124 valence electrons. The number of esters is 1. The Labute approximate surface area is 148 Å². The maximum Gasteiger partial charge on any atom is 0.338 e. The standard InChI is InChI=1S/C17H13Cl2NO4/c1-10(16(22)20-15-8-13(18)6-7-14(15)19)24-17(23)12-4-2-11(9-21)3-5-12/h2-10H,1H3,(H,20,22)/t10-/m1/s1. The van der Waals surface area contributed by atoms with Crippen LogP contribution in [0.5, 0.6) is 0 Å². The van der Waals surface area contributed by atoms with Crippen LogP contribution in [0.25, 0.3) is 0 Å². The van der Waals surface area contributed by atoms with Gasteiger partial charge in [-0.3, -0.25) is 9.59 Å². The Morgan fingerprint density at radius 2 is 1.79 bits per heavy atom. The summed E-state index contributed by atoms with van der Waals surface area (Å²) in [6.07, 6.45) is -0.377. The highest BCUT2D eigenvalue weighted by Gasteiger charge is 2.20. The van der Waals surface area contributed by atoms with Gasteiger partial charge < -0.3 is 10.1 Å². The van der Waals surface area contributed by atoms with Crippen molar-refractivity contribution in [3.63, 3.8) is 0 Å². The summed E-state index contributed by atoms with van der Waals surface area (Å²) in [6, 6.07) is 10.5. The van der Waals surface area contributed by atoms with Gasteiger partial charge in [0.05, 0.1) is 16.3 Å². The van der Waals surface area contributed by atoms with E-state index in [2.05, 4.69) is 5.32 Å². The Morgan fingerprint density at radius 3 is 2.42 bits per heavy atom. The lowest BCUT2D eigenvalue weighted by Crippen LogP contribution is -2.30. The van der Waals surface area contributed by atoms with Gasteiger partial charge in [-0.1, -0.05) is 35.3 Å². The molecule has 0 aliphatic rings. The lowest BCUT2D eigenvalue weighted by Gasteiger charge is -2.14. The summed E-state index contributed by atoms with van der Waals surface area (Å²) < 4.78 is 5.10. The Balaban J connectivity index is 2.01. The molecule has 0 fully saturated rings. The van der Waals surface area contributed by atoms with Crippen LogP contribution in [0.15, 0.2) is 42.5 Å². The summed E-state index contributed by atoms with van der Waals surface area (Å²) in [4.78, 5) is 34.7. The number of hydrogen-bond donors (Lipinski definition) is 1. The van der Waals surface area contributed by atoms with Gasteiger partial charge in [-0.15, -0.1) is 0 Å². The van der Waals surface area contributed by atoms with Crippen molar-refractivity contribution < 1.29 is 19.1 Å². The molecule has 5 nitrogen and oxygen atoms in total. The van der Waals surface area contributed by atoms with E-state index in [1.54, 1.807) is 12.1 Å². The average Bonchev–Trinajstić information content (AvgIpc) is 2.58. The molecule has 0 bridgehead atoms. The third-order valence-electron chi connectivity index (χ3n) is 3.12. The monoisotopic (exact) mass is 365 g/mol. The zero-order valence-electron chi connectivity index (χ0n) is 12.6. The molecule has 2 rings (SSSR count). The van der Waals surface area contributed by atoms with Crippen LogP contribution in [0.1, 0.15) is 27.6 Å². The molecule has 0 saturated carbocycles. The topological polar surface area (TPSA) is 72.5 Å². The van der Waals surface area contributed by atoms with E-state index in [0.29, 0.717) is 27.6 Å². The fraction of sp³-hybridized carbons (Fsp3) is 0.118. The maximum atomic E-state index is 12.1. The first kappa shape index (κ1) is 18.0. The number of amides is 1. The third kappa shape index (κ3) is 4.57. The first-order chi connectivity index (χ1) is 11.4. The minimum absolute atomic E-state index is 0.237. The molecule has 0 saturated heterocycles. The van der Waals surface area contributed by atoms with Gasteiger partial charge in [0.2, 0.25) is 0 Å². The molecule has 0 aromatic heterocycles. The summed E-state index contributed by atoms with van der Waals surface area (Å²) in [5, 5.41) is 3.27. The van der Waals surface area contributed by atoms with Crippen molar-refractivity contribution in [2.24, 2.45) is 0 Å². The van der Waals surface area contributed by atoms with E-state index in [-0.39, 0.29) is 5.56 Å². The third-order valence-corrected chi connectivity index (χ3v) is 3.69. The van der Waals surface area contributed by atoms with Crippen LogP contribution >= 0.6 is 23.2 Å². The van der Waals surface area contributed by atoms with Gasteiger partial charge in [0.25, 0.3) is 5.91 Å². The van der Waals surface area contributed by atoms with Gasteiger partial charge in [-0.05, 0) is 37.3 Å². The summed E-state index contributed by atoms with van der Waals surface area (Å²) in [6.45, 7) is 1.44. The summed E-state index contributed by atoms with van der Waals surface area (Å²) in [7, 11) is 0. The Kier molecular flexibility index (Phi) is 5.95. The second kappa shape index (κ2) is 7.95. The summed E-state index contributed by atoms with van der Waals surface area (Å²) in [5.74, 6) is -1.22. The number of aldehydes is 1. The van der Waals surface area contributed by atoms with E-state index in [9.17, 15) is 14.4 Å². The quantitative estimate of drug-likeness (QED) is 0.642. The van der Waals surface area contributed by atoms with Gasteiger partial charge in [-0.2, -0.15) is 0 Å². The van der Waals surface area contributed by atoms with Crippen molar-refractivity contribution in [3.05, 3.63) is 63.6 Å². The molecule has 2 aromatic rings. The molecule has 0 aliphatic carbocycles. The number of carbonyl (C=O) groups is 3. The number of carbonyl (C=O) groups excluding carboxylic acids is 3. The summed E-state index contributed by atoms with van der Waals surface area (Å²) in [5.41, 5.74) is 1.00. The normalized spacial score (nSPS) is 11.5. The van der Waals surface area contributed by atoms with Crippen LogP contribution < -0.4 is 5.32 Å². The molecule has 1 amide bonds. The second-order valence-electron chi connectivity index (χ2n) is 4.90. The second-order valence-corrected chi connectivity index (χ2v) is 5.74. The van der Waals surface area contributed by atoms with Gasteiger partial charge in [0.15, 0.2) is 6.10 Å². The molecular formula is C17H13Cl2NO4. The Morgan fingerprint density at radius 1 is 1.12 bits per heavy atom. The largest absolute Gasteiger partial charge is 0.449 e. The van der Waals surface area contributed by atoms with E-state index in [0.717, 1.165) is 0 Å². The molecule has 7 heteroatoms. The van der Waals surface area contributed by atoms with Gasteiger partial charge in [0, 0.05) is 10.6 Å². The number of nitrogens with one attached hydrogen (secondary N) is 1. The molecule has 0 unspecified atom stereocenters. The van der Waals surface area contributed by atoms with Crippen molar-refractivity contribution in [3.8, 4) is 0 Å². The molecule has 1 atom stereocenters. The van der Waals surface area contributed by atoms with Crippen LogP contribution in [0.3, 0.4) is 0 Å². The number of hydrogen-bond acceptors (Lipinski definition) is 4. The van der Waals surface area contributed by atoms with Crippen molar-refractivity contribution >= 4 is 47.1 Å². The highest BCUT2D eigenvalue weighted by Crippen LogP contribution is 2.25. The first-order valence-electron chi connectivity index (χ1n) is 6.93. The number of rotatable bonds is 5. The number of benzene rings is 2. The van der Waals surface area contributed by atoms with Crippen molar-refractivity contribution in [2.45, 2.75) is 13.0 Å². The molecule has 2 aromatic carbocycles. The molecule has 0 aliphatic heterocycles. The van der Waals surface area contributed by atoms with E-state index in [1.165, 1.54) is 37.3 Å². The highest BCUT2D eigenvalue weighted by atomic mass is 35.5. The summed E-state index contributed by atoms with van der Waals surface area (Å²) >= 11 is 11.8. The number of anilines is 1. The van der Waals surface area contributed by atoms with Crippen LogP contribution in [-0.4, -0.2) is 24.3 Å². The minimum Gasteiger partial charge on any atom is -0.449 e. The first-order valence-corrected chi connectivity index (χ1v) is 7.68. The van der Waals surface area contributed by atoms with Gasteiger partial charge >= 0.3 is 5.97 Å². The van der Waals surface area contributed by atoms with Crippen LogP contribution in [0.4, 0.5) is 5.69 Å². The number of ether oxygens (including phenoxy) is 1. The van der Waals surface area contributed by atoms with E-state index in [4.69, 9.17) is 27.9 Å². The van der Waals surface area contributed by atoms with Crippen molar-refractivity contribution in [2.75, 3.05) is 5.32 Å². The molecule has 24 heavy (non-hydrogen) atoms. The van der Waals surface area contributed by atoms with Crippen LogP contribution in [-0.2, 0) is 9.53 Å². The molecule has 0 spiro atoms.